The molecule has 0 bridgehead atoms. The molecule has 0 aliphatic rings. The molecule has 0 aliphatic carbocycles. The molecule has 0 saturated heterocycles. The van der Waals surface area contributed by atoms with Gasteiger partial charge in [-0.25, -0.2) is 0 Å². The average Bonchev–Trinajstić information content (AvgIpc) is 2.26. The van der Waals surface area contributed by atoms with Crippen LogP contribution in [0.5, 0.6) is 0 Å². The van der Waals surface area contributed by atoms with Crippen LogP contribution in [0.4, 0.5) is 0 Å². The van der Waals surface area contributed by atoms with Crippen LogP contribution in [0.25, 0.3) is 0 Å². The summed E-state index contributed by atoms with van der Waals surface area (Å²) >= 11 is 0. The van der Waals surface area contributed by atoms with Crippen molar-refractivity contribution in [1.29, 1.82) is 0 Å². The van der Waals surface area contributed by atoms with Crippen LogP contribution in [-0.2, 0) is 13.2 Å². The SMILES string of the molecule is CC(C)c1ccc(CO)c(CO)c1C(C)C. The van der Waals surface area contributed by atoms with Gasteiger partial charge in [0.2, 0.25) is 0 Å². The summed E-state index contributed by atoms with van der Waals surface area (Å²) in [7, 11) is 0. The maximum absolute atomic E-state index is 9.47. The molecule has 1 rings (SSSR count). The molecule has 0 radical (unpaired) electrons. The molecular weight excluding hydrogens is 200 g/mol. The summed E-state index contributed by atoms with van der Waals surface area (Å²) in [5, 5.41) is 18.7. The van der Waals surface area contributed by atoms with Crippen molar-refractivity contribution in [2.75, 3.05) is 0 Å². The van der Waals surface area contributed by atoms with Gasteiger partial charge in [-0.3, -0.25) is 0 Å². The van der Waals surface area contributed by atoms with Gasteiger partial charge in [0, 0.05) is 0 Å². The highest BCUT2D eigenvalue weighted by Crippen LogP contribution is 2.31. The molecule has 0 saturated carbocycles. The van der Waals surface area contributed by atoms with Crippen LogP contribution >= 0.6 is 0 Å². The molecule has 2 nitrogen and oxygen atoms in total. The zero-order chi connectivity index (χ0) is 12.3. The topological polar surface area (TPSA) is 40.5 Å². The fourth-order valence-electron chi connectivity index (χ4n) is 2.25. The van der Waals surface area contributed by atoms with Crippen molar-refractivity contribution in [1.82, 2.24) is 0 Å². The quantitative estimate of drug-likeness (QED) is 0.822. The maximum atomic E-state index is 9.47. The fraction of sp³-hybridized carbons (Fsp3) is 0.571. The lowest BCUT2D eigenvalue weighted by Crippen LogP contribution is -2.07. The first-order valence-corrected chi connectivity index (χ1v) is 5.89. The molecule has 90 valence electrons. The van der Waals surface area contributed by atoms with Gasteiger partial charge in [-0.1, -0.05) is 39.8 Å². The first-order chi connectivity index (χ1) is 7.52. The van der Waals surface area contributed by atoms with Gasteiger partial charge in [-0.05, 0) is 34.1 Å². The van der Waals surface area contributed by atoms with Crippen molar-refractivity contribution in [3.63, 3.8) is 0 Å². The van der Waals surface area contributed by atoms with E-state index in [1.54, 1.807) is 0 Å². The zero-order valence-corrected chi connectivity index (χ0v) is 10.6. The van der Waals surface area contributed by atoms with Crippen LogP contribution < -0.4 is 0 Å². The van der Waals surface area contributed by atoms with Crippen molar-refractivity contribution in [2.45, 2.75) is 52.7 Å². The summed E-state index contributed by atoms with van der Waals surface area (Å²) in [5.74, 6) is 0.807. The van der Waals surface area contributed by atoms with E-state index in [0.717, 1.165) is 11.1 Å². The molecule has 2 N–H and O–H groups in total. The van der Waals surface area contributed by atoms with E-state index >= 15 is 0 Å². The van der Waals surface area contributed by atoms with E-state index in [9.17, 15) is 10.2 Å². The Kier molecular flexibility index (Phi) is 4.51. The Morgan fingerprint density at radius 3 is 1.94 bits per heavy atom. The van der Waals surface area contributed by atoms with Gasteiger partial charge in [0.1, 0.15) is 0 Å². The number of benzene rings is 1. The molecule has 1 aromatic rings. The minimum atomic E-state index is -0.00596. The largest absolute Gasteiger partial charge is 0.392 e. The molecule has 2 heteroatoms. The van der Waals surface area contributed by atoms with Gasteiger partial charge >= 0.3 is 0 Å². The standard InChI is InChI=1S/C14H22O2/c1-9(2)12-6-5-11(7-15)13(8-16)14(12)10(3)4/h5-6,9-10,15-16H,7-8H2,1-4H3. The molecule has 0 aromatic heterocycles. The van der Waals surface area contributed by atoms with Crippen LogP contribution in [0.2, 0.25) is 0 Å². The highest BCUT2D eigenvalue weighted by atomic mass is 16.3. The average molecular weight is 222 g/mol. The summed E-state index contributed by atoms with van der Waals surface area (Å²) in [6.07, 6.45) is 0. The van der Waals surface area contributed by atoms with Gasteiger partial charge in [0.25, 0.3) is 0 Å². The first kappa shape index (κ1) is 13.2. The van der Waals surface area contributed by atoms with Crippen molar-refractivity contribution in [2.24, 2.45) is 0 Å². The molecule has 0 amide bonds. The predicted molar refractivity (Wildman–Crippen MR) is 66.5 cm³/mol. The Bertz CT molecular complexity index is 354. The Morgan fingerprint density at radius 2 is 1.56 bits per heavy atom. The lowest BCUT2D eigenvalue weighted by Gasteiger charge is -2.21. The minimum absolute atomic E-state index is 0.00394. The van der Waals surface area contributed by atoms with Gasteiger partial charge < -0.3 is 10.2 Å². The summed E-state index contributed by atoms with van der Waals surface area (Å²) in [6.45, 7) is 8.56. The van der Waals surface area contributed by atoms with Crippen molar-refractivity contribution in [3.8, 4) is 0 Å². The zero-order valence-electron chi connectivity index (χ0n) is 10.6. The molecule has 0 atom stereocenters. The number of hydrogen-bond acceptors (Lipinski definition) is 2. The lowest BCUT2D eigenvalue weighted by atomic mass is 9.85. The minimum Gasteiger partial charge on any atom is -0.392 e. The normalized spacial score (nSPS) is 11.5. The van der Waals surface area contributed by atoms with E-state index < -0.39 is 0 Å². The number of rotatable bonds is 4. The Morgan fingerprint density at radius 1 is 0.938 bits per heavy atom. The van der Waals surface area contributed by atoms with Crippen molar-refractivity contribution in [3.05, 3.63) is 34.4 Å². The predicted octanol–water partition coefficient (Wildman–Crippen LogP) is 2.92. The molecule has 0 unspecified atom stereocenters. The summed E-state index contributed by atoms with van der Waals surface area (Å²) in [6, 6.07) is 4.00. The Labute approximate surface area is 97.9 Å². The smallest absolute Gasteiger partial charge is 0.0688 e. The summed E-state index contributed by atoms with van der Waals surface area (Å²) in [4.78, 5) is 0. The third kappa shape index (κ3) is 2.45. The second kappa shape index (κ2) is 5.46. The molecule has 16 heavy (non-hydrogen) atoms. The molecular formula is C14H22O2. The molecule has 0 fully saturated rings. The first-order valence-electron chi connectivity index (χ1n) is 5.89. The summed E-state index contributed by atoms with van der Waals surface area (Å²) < 4.78 is 0. The van der Waals surface area contributed by atoms with Gasteiger partial charge in [-0.2, -0.15) is 0 Å². The van der Waals surface area contributed by atoms with E-state index in [0.29, 0.717) is 11.8 Å². The third-order valence-corrected chi connectivity index (χ3v) is 3.02. The number of aliphatic hydroxyl groups excluding tert-OH is 2. The number of hydrogen-bond donors (Lipinski definition) is 2. The maximum Gasteiger partial charge on any atom is 0.0688 e. The molecule has 0 aliphatic heterocycles. The highest BCUT2D eigenvalue weighted by molar-refractivity contribution is 5.44. The Balaban J connectivity index is 3.44. The fourth-order valence-corrected chi connectivity index (χ4v) is 2.25. The van der Waals surface area contributed by atoms with E-state index in [-0.39, 0.29) is 13.2 Å². The van der Waals surface area contributed by atoms with E-state index in [2.05, 4.69) is 33.8 Å². The highest BCUT2D eigenvalue weighted by Gasteiger charge is 2.16. The van der Waals surface area contributed by atoms with Crippen molar-refractivity contribution < 1.29 is 10.2 Å². The van der Waals surface area contributed by atoms with Crippen molar-refractivity contribution >= 4 is 0 Å². The molecule has 0 spiro atoms. The number of aliphatic hydroxyl groups is 2. The monoisotopic (exact) mass is 222 g/mol. The van der Waals surface area contributed by atoms with E-state index in [1.807, 2.05) is 6.07 Å². The van der Waals surface area contributed by atoms with Crippen LogP contribution in [0.3, 0.4) is 0 Å². The van der Waals surface area contributed by atoms with Crippen LogP contribution in [0.1, 0.15) is 61.8 Å². The van der Waals surface area contributed by atoms with Gasteiger partial charge in [0.15, 0.2) is 0 Å². The molecule has 1 aromatic carbocycles. The van der Waals surface area contributed by atoms with Gasteiger partial charge in [-0.15, -0.1) is 0 Å². The van der Waals surface area contributed by atoms with Crippen LogP contribution in [0, 0.1) is 0 Å². The summed E-state index contributed by atoms with van der Waals surface area (Å²) in [5.41, 5.74) is 4.22. The second-order valence-electron chi connectivity index (χ2n) is 4.83. The second-order valence-corrected chi connectivity index (χ2v) is 4.83. The Hall–Kier alpha value is -0.860. The van der Waals surface area contributed by atoms with E-state index in [4.69, 9.17) is 0 Å². The van der Waals surface area contributed by atoms with Gasteiger partial charge in [0.05, 0.1) is 13.2 Å². The third-order valence-electron chi connectivity index (χ3n) is 3.02. The van der Waals surface area contributed by atoms with Crippen LogP contribution in [-0.4, -0.2) is 10.2 Å². The lowest BCUT2D eigenvalue weighted by molar-refractivity contribution is 0.258. The molecule has 0 heterocycles. The van der Waals surface area contributed by atoms with E-state index in [1.165, 1.54) is 11.1 Å². The van der Waals surface area contributed by atoms with Crippen LogP contribution in [0.15, 0.2) is 12.1 Å².